The summed E-state index contributed by atoms with van der Waals surface area (Å²) in [5.41, 5.74) is 2.54. The van der Waals surface area contributed by atoms with Crippen molar-refractivity contribution in [2.24, 2.45) is 0 Å². The van der Waals surface area contributed by atoms with Crippen molar-refractivity contribution in [3.8, 4) is 5.75 Å². The van der Waals surface area contributed by atoms with E-state index in [9.17, 15) is 18.0 Å². The van der Waals surface area contributed by atoms with Crippen molar-refractivity contribution in [3.63, 3.8) is 0 Å². The van der Waals surface area contributed by atoms with Crippen LogP contribution in [0.15, 0.2) is 48.5 Å². The molecule has 1 aliphatic carbocycles. The zero-order valence-corrected chi connectivity index (χ0v) is 23.1. The number of anilines is 1. The van der Waals surface area contributed by atoms with Crippen molar-refractivity contribution in [1.82, 2.24) is 10.2 Å². The topological polar surface area (TPSA) is 96.0 Å². The van der Waals surface area contributed by atoms with Gasteiger partial charge in [-0.3, -0.25) is 13.9 Å². The molecule has 1 fully saturated rings. The molecular formula is C28H39N3O5S. The molecule has 2 amide bonds. The molecule has 0 spiro atoms. The van der Waals surface area contributed by atoms with Crippen molar-refractivity contribution in [2.45, 2.75) is 71.0 Å². The van der Waals surface area contributed by atoms with Crippen molar-refractivity contribution in [3.05, 3.63) is 59.7 Å². The molecular weight excluding hydrogens is 490 g/mol. The first kappa shape index (κ1) is 28.5. The van der Waals surface area contributed by atoms with Crippen LogP contribution >= 0.6 is 0 Å². The highest BCUT2D eigenvalue weighted by atomic mass is 32.2. The number of nitrogens with zero attached hydrogens (tertiary/aromatic N) is 2. The van der Waals surface area contributed by atoms with Crippen LogP contribution in [0.25, 0.3) is 0 Å². The summed E-state index contributed by atoms with van der Waals surface area (Å²) >= 11 is 0. The molecule has 0 unspecified atom stereocenters. The number of benzene rings is 2. The van der Waals surface area contributed by atoms with Gasteiger partial charge in [-0.2, -0.15) is 0 Å². The van der Waals surface area contributed by atoms with Crippen molar-refractivity contribution in [1.29, 1.82) is 0 Å². The first-order valence-electron chi connectivity index (χ1n) is 12.9. The third kappa shape index (κ3) is 8.21. The lowest BCUT2D eigenvalue weighted by Gasteiger charge is -2.30. The number of rotatable bonds is 12. The fourth-order valence-electron chi connectivity index (χ4n) is 4.73. The van der Waals surface area contributed by atoms with E-state index in [4.69, 9.17) is 4.74 Å². The van der Waals surface area contributed by atoms with Crippen LogP contribution in [0.3, 0.4) is 0 Å². The monoisotopic (exact) mass is 529 g/mol. The maximum Gasteiger partial charge on any atom is 0.242 e. The van der Waals surface area contributed by atoms with Crippen LogP contribution in [-0.4, -0.2) is 57.1 Å². The lowest BCUT2D eigenvalue weighted by Crippen LogP contribution is -2.49. The summed E-state index contributed by atoms with van der Waals surface area (Å²) in [5, 5.41) is 3.11. The van der Waals surface area contributed by atoms with Crippen LogP contribution in [-0.2, 0) is 26.2 Å². The Morgan fingerprint density at radius 2 is 1.78 bits per heavy atom. The third-order valence-corrected chi connectivity index (χ3v) is 8.01. The highest BCUT2D eigenvalue weighted by Gasteiger charge is 2.28. The Morgan fingerprint density at radius 3 is 2.38 bits per heavy atom. The standard InChI is InChI=1S/C28H39N3O5S/c1-21-9-7-10-23(19-21)20-30(22(2)28(33)29-24-11-5-6-12-24)27(32)13-8-18-31(37(4,34)35)25-14-16-26(36-3)17-15-25/h7,9-10,14-17,19,22,24H,5-6,8,11-13,18,20H2,1-4H3,(H,29,33)/t22-/m1/s1. The first-order valence-corrected chi connectivity index (χ1v) is 14.7. The Bertz CT molecular complexity index is 1160. The van der Waals surface area contributed by atoms with Crippen LogP contribution in [0, 0.1) is 6.92 Å². The average molecular weight is 530 g/mol. The van der Waals surface area contributed by atoms with Crippen LogP contribution in [0.5, 0.6) is 5.75 Å². The second-order valence-corrected chi connectivity index (χ2v) is 11.7. The highest BCUT2D eigenvalue weighted by Crippen LogP contribution is 2.23. The molecule has 0 aromatic heterocycles. The molecule has 1 atom stereocenters. The van der Waals surface area contributed by atoms with Gasteiger partial charge in [0.2, 0.25) is 21.8 Å². The van der Waals surface area contributed by atoms with Crippen LogP contribution in [0.4, 0.5) is 5.69 Å². The second-order valence-electron chi connectivity index (χ2n) is 9.81. The molecule has 3 rings (SSSR count). The Morgan fingerprint density at radius 1 is 1.11 bits per heavy atom. The summed E-state index contributed by atoms with van der Waals surface area (Å²) in [6.07, 6.45) is 5.74. The van der Waals surface area contributed by atoms with Gasteiger partial charge in [-0.15, -0.1) is 0 Å². The number of carbonyl (C=O) groups excluding carboxylic acids is 2. The molecule has 0 saturated heterocycles. The average Bonchev–Trinajstić information content (AvgIpc) is 3.37. The minimum absolute atomic E-state index is 0.120. The number of amides is 2. The Labute approximate surface area is 221 Å². The van der Waals surface area contributed by atoms with Crippen molar-refractivity contribution in [2.75, 3.05) is 24.2 Å². The third-order valence-electron chi connectivity index (χ3n) is 6.82. The number of nitrogens with one attached hydrogen (secondary N) is 1. The summed E-state index contributed by atoms with van der Waals surface area (Å²) in [6, 6.07) is 14.2. The zero-order valence-electron chi connectivity index (χ0n) is 22.3. The highest BCUT2D eigenvalue weighted by molar-refractivity contribution is 7.92. The van der Waals surface area contributed by atoms with Gasteiger partial charge in [0.15, 0.2) is 0 Å². The maximum atomic E-state index is 13.4. The Kier molecular flexibility index (Phi) is 9.97. The molecule has 0 bridgehead atoms. The molecule has 1 saturated carbocycles. The molecule has 0 heterocycles. The molecule has 8 nitrogen and oxygen atoms in total. The van der Waals surface area contributed by atoms with Gasteiger partial charge in [-0.1, -0.05) is 42.7 Å². The van der Waals surface area contributed by atoms with E-state index in [2.05, 4.69) is 5.32 Å². The predicted octanol–water partition coefficient (Wildman–Crippen LogP) is 4.03. The fourth-order valence-corrected chi connectivity index (χ4v) is 5.70. The number of methoxy groups -OCH3 is 1. The van der Waals surface area contributed by atoms with Gasteiger partial charge in [0.05, 0.1) is 19.1 Å². The van der Waals surface area contributed by atoms with Gasteiger partial charge in [0.1, 0.15) is 11.8 Å². The van der Waals surface area contributed by atoms with Crippen molar-refractivity contribution >= 4 is 27.5 Å². The first-order chi connectivity index (χ1) is 17.6. The van der Waals surface area contributed by atoms with E-state index in [0.717, 1.165) is 43.1 Å². The molecule has 2 aromatic carbocycles. The number of aryl methyl sites for hydroxylation is 1. The summed E-state index contributed by atoms with van der Waals surface area (Å²) < 4.78 is 31.4. The van der Waals surface area contributed by atoms with E-state index in [-0.39, 0.29) is 30.8 Å². The number of ether oxygens (including phenoxy) is 1. The summed E-state index contributed by atoms with van der Waals surface area (Å²) in [4.78, 5) is 28.1. The van der Waals surface area contributed by atoms with Gasteiger partial charge in [-0.05, 0) is 62.9 Å². The van der Waals surface area contributed by atoms with Gasteiger partial charge in [0.25, 0.3) is 0 Å². The Hall–Kier alpha value is -3.07. The maximum absolute atomic E-state index is 13.4. The Balaban J connectivity index is 1.71. The number of hydrogen-bond acceptors (Lipinski definition) is 5. The molecule has 37 heavy (non-hydrogen) atoms. The van der Waals surface area contributed by atoms with E-state index in [1.54, 1.807) is 43.2 Å². The van der Waals surface area contributed by atoms with E-state index in [0.29, 0.717) is 24.4 Å². The molecule has 9 heteroatoms. The van der Waals surface area contributed by atoms with Crippen LogP contribution in [0.1, 0.15) is 56.6 Å². The van der Waals surface area contributed by atoms with E-state index in [1.807, 2.05) is 31.2 Å². The molecule has 2 aromatic rings. The largest absolute Gasteiger partial charge is 0.497 e. The van der Waals surface area contributed by atoms with Gasteiger partial charge in [-0.25, -0.2) is 8.42 Å². The number of carbonyl (C=O) groups is 2. The lowest BCUT2D eigenvalue weighted by molar-refractivity contribution is -0.141. The van der Waals surface area contributed by atoms with E-state index in [1.165, 1.54) is 4.31 Å². The number of sulfonamides is 1. The summed E-state index contributed by atoms with van der Waals surface area (Å²) in [5.74, 6) is 0.298. The SMILES string of the molecule is COc1ccc(N(CCCC(=O)N(Cc2cccc(C)c2)[C@H](C)C(=O)NC2CCCC2)S(C)(=O)=O)cc1. The van der Waals surface area contributed by atoms with Crippen LogP contribution < -0.4 is 14.4 Å². The lowest BCUT2D eigenvalue weighted by atomic mass is 10.1. The summed E-state index contributed by atoms with van der Waals surface area (Å²) in [6.45, 7) is 4.22. The predicted molar refractivity (Wildman–Crippen MR) is 146 cm³/mol. The van der Waals surface area contributed by atoms with Gasteiger partial charge < -0.3 is 15.0 Å². The molecule has 0 radical (unpaired) electrons. The molecule has 0 aliphatic heterocycles. The van der Waals surface area contributed by atoms with Gasteiger partial charge in [0, 0.05) is 25.6 Å². The van der Waals surface area contributed by atoms with E-state index < -0.39 is 16.1 Å². The molecule has 202 valence electrons. The van der Waals surface area contributed by atoms with Gasteiger partial charge >= 0.3 is 0 Å². The fraction of sp³-hybridized carbons (Fsp3) is 0.500. The second kappa shape index (κ2) is 12.9. The van der Waals surface area contributed by atoms with Crippen molar-refractivity contribution < 1.29 is 22.7 Å². The van der Waals surface area contributed by atoms with E-state index >= 15 is 0 Å². The number of hydrogen-bond donors (Lipinski definition) is 1. The quantitative estimate of drug-likeness (QED) is 0.448. The minimum Gasteiger partial charge on any atom is -0.497 e. The normalized spacial score (nSPS) is 14.7. The van der Waals surface area contributed by atoms with Crippen LogP contribution in [0.2, 0.25) is 0 Å². The zero-order chi connectivity index (χ0) is 27.0. The summed E-state index contributed by atoms with van der Waals surface area (Å²) in [7, 11) is -2.00. The smallest absolute Gasteiger partial charge is 0.242 e. The minimum atomic E-state index is -3.55. The molecule has 1 N–H and O–H groups in total. The molecule has 1 aliphatic rings.